The molecular formula is C40H20O3. The highest BCUT2D eigenvalue weighted by Gasteiger charge is 2.22. The minimum atomic E-state index is 0.867. The summed E-state index contributed by atoms with van der Waals surface area (Å²) in [7, 11) is 0. The highest BCUT2D eigenvalue weighted by atomic mass is 16.3. The topological polar surface area (TPSA) is 39.4 Å². The van der Waals surface area contributed by atoms with E-state index < -0.39 is 0 Å². The van der Waals surface area contributed by atoms with Crippen LogP contribution in [0.5, 0.6) is 0 Å². The van der Waals surface area contributed by atoms with Crippen molar-refractivity contribution >= 4 is 109 Å². The van der Waals surface area contributed by atoms with Gasteiger partial charge in [-0.1, -0.05) is 84.9 Å². The predicted molar refractivity (Wildman–Crippen MR) is 178 cm³/mol. The lowest BCUT2D eigenvalue weighted by Crippen LogP contribution is -1.81. The van der Waals surface area contributed by atoms with Crippen molar-refractivity contribution in [3.8, 4) is 0 Å². The first-order chi connectivity index (χ1) is 21.3. The minimum absolute atomic E-state index is 0.867. The van der Waals surface area contributed by atoms with Gasteiger partial charge in [-0.15, -0.1) is 0 Å². The summed E-state index contributed by atoms with van der Waals surface area (Å²) in [5, 5.41) is 16.2. The molecule has 3 aromatic heterocycles. The lowest BCUT2D eigenvalue weighted by Gasteiger charge is -2.06. The Hall–Kier alpha value is -5.80. The van der Waals surface area contributed by atoms with E-state index in [1.54, 1.807) is 0 Å². The van der Waals surface area contributed by atoms with Crippen molar-refractivity contribution in [1.29, 1.82) is 0 Å². The second-order valence-corrected chi connectivity index (χ2v) is 11.6. The molecule has 0 aliphatic carbocycles. The van der Waals surface area contributed by atoms with E-state index in [0.29, 0.717) is 0 Å². The second-order valence-electron chi connectivity index (χ2n) is 11.6. The molecule has 0 atom stereocenters. The average molecular weight is 549 g/mol. The molecule has 11 aromatic rings. The Labute approximate surface area is 243 Å². The van der Waals surface area contributed by atoms with Gasteiger partial charge in [0.25, 0.3) is 0 Å². The highest BCUT2D eigenvalue weighted by Crippen LogP contribution is 2.48. The van der Waals surface area contributed by atoms with Crippen LogP contribution in [0.4, 0.5) is 0 Å². The van der Waals surface area contributed by atoms with Crippen LogP contribution < -0.4 is 0 Å². The van der Waals surface area contributed by atoms with E-state index in [-0.39, 0.29) is 0 Å². The Kier molecular flexibility index (Phi) is 3.83. The van der Waals surface area contributed by atoms with Crippen LogP contribution in [0.1, 0.15) is 0 Å². The zero-order valence-corrected chi connectivity index (χ0v) is 22.8. The SMILES string of the molecule is c1ccc2c(c1)ccc1oc3ccc4ccc5oc6ccc7ccc8oc9ccc%10ccccc%10c9c8c7c6c5c4c3c12. The average Bonchev–Trinajstić information content (AvgIpc) is 3.75. The van der Waals surface area contributed by atoms with E-state index in [0.717, 1.165) is 87.4 Å². The van der Waals surface area contributed by atoms with Crippen LogP contribution >= 0.6 is 0 Å². The molecule has 0 fully saturated rings. The van der Waals surface area contributed by atoms with Gasteiger partial charge in [0.15, 0.2) is 0 Å². The Balaban J connectivity index is 1.47. The van der Waals surface area contributed by atoms with Crippen molar-refractivity contribution in [3.05, 3.63) is 121 Å². The minimum Gasteiger partial charge on any atom is -0.456 e. The third kappa shape index (κ3) is 2.66. The van der Waals surface area contributed by atoms with Gasteiger partial charge < -0.3 is 13.3 Å². The summed E-state index contributed by atoms with van der Waals surface area (Å²) in [5.74, 6) is 0. The summed E-state index contributed by atoms with van der Waals surface area (Å²) in [5.41, 5.74) is 5.28. The van der Waals surface area contributed by atoms with Crippen molar-refractivity contribution in [2.24, 2.45) is 0 Å². The molecule has 0 radical (unpaired) electrons. The van der Waals surface area contributed by atoms with Gasteiger partial charge in [0.05, 0.1) is 0 Å². The third-order valence-electron chi connectivity index (χ3n) is 9.41. The van der Waals surface area contributed by atoms with Crippen LogP contribution in [0.25, 0.3) is 109 Å². The fourth-order valence-electron chi connectivity index (χ4n) is 7.64. The maximum atomic E-state index is 6.66. The van der Waals surface area contributed by atoms with E-state index in [1.165, 1.54) is 21.5 Å². The van der Waals surface area contributed by atoms with Gasteiger partial charge in [-0.2, -0.15) is 0 Å². The lowest BCUT2D eigenvalue weighted by atomic mass is 9.93. The molecule has 0 aliphatic heterocycles. The molecule has 43 heavy (non-hydrogen) atoms. The van der Waals surface area contributed by atoms with Crippen LogP contribution in [-0.4, -0.2) is 0 Å². The molecule has 8 aromatic carbocycles. The quantitative estimate of drug-likeness (QED) is 0.189. The maximum Gasteiger partial charge on any atom is 0.136 e. The molecule has 0 aliphatic rings. The van der Waals surface area contributed by atoms with E-state index in [1.807, 2.05) is 0 Å². The number of hydrogen-bond donors (Lipinski definition) is 0. The van der Waals surface area contributed by atoms with Crippen LogP contribution in [0.3, 0.4) is 0 Å². The first-order valence-corrected chi connectivity index (χ1v) is 14.6. The molecule has 0 N–H and O–H groups in total. The predicted octanol–water partition coefficient (Wildman–Crippen LogP) is 12.0. The molecule has 3 heteroatoms. The zero-order valence-electron chi connectivity index (χ0n) is 22.8. The summed E-state index contributed by atoms with van der Waals surface area (Å²) in [4.78, 5) is 0. The molecule has 3 nitrogen and oxygen atoms in total. The van der Waals surface area contributed by atoms with Gasteiger partial charge in [-0.25, -0.2) is 0 Å². The highest BCUT2D eigenvalue weighted by molar-refractivity contribution is 6.40. The molecule has 198 valence electrons. The Morgan fingerprint density at radius 3 is 0.930 bits per heavy atom. The molecule has 11 rings (SSSR count). The van der Waals surface area contributed by atoms with Gasteiger partial charge >= 0.3 is 0 Å². The summed E-state index contributed by atoms with van der Waals surface area (Å²) < 4.78 is 19.7. The first kappa shape index (κ1) is 21.9. The van der Waals surface area contributed by atoms with Crippen molar-refractivity contribution in [1.82, 2.24) is 0 Å². The summed E-state index contributed by atoms with van der Waals surface area (Å²) >= 11 is 0. The smallest absolute Gasteiger partial charge is 0.136 e. The zero-order chi connectivity index (χ0) is 27.8. The molecule has 0 saturated carbocycles. The van der Waals surface area contributed by atoms with E-state index >= 15 is 0 Å². The van der Waals surface area contributed by atoms with Crippen LogP contribution in [0.2, 0.25) is 0 Å². The standard InChI is InChI=1S/C40H20O3/c1-3-7-25-21(5-1)9-15-27-35(25)37-29(41-27)17-11-23-13-19-31-39(33(23)37)40-32(43-31)20-14-24-12-18-30-38(34(24)40)36-26-8-4-2-6-22(26)10-16-28(36)42-30/h1-20H. The third-order valence-corrected chi connectivity index (χ3v) is 9.41. The Bertz CT molecular complexity index is 2790. The second kappa shape index (κ2) is 7.53. The number of hydrogen-bond acceptors (Lipinski definition) is 3. The Morgan fingerprint density at radius 1 is 0.233 bits per heavy atom. The summed E-state index contributed by atoms with van der Waals surface area (Å²) in [6.07, 6.45) is 0. The van der Waals surface area contributed by atoms with Crippen LogP contribution in [0.15, 0.2) is 135 Å². The number of fused-ring (bicyclic) bond motifs is 19. The maximum absolute atomic E-state index is 6.66. The molecule has 3 heterocycles. The van der Waals surface area contributed by atoms with Crippen molar-refractivity contribution in [2.45, 2.75) is 0 Å². The largest absolute Gasteiger partial charge is 0.456 e. The summed E-state index contributed by atoms with van der Waals surface area (Å²) in [6.45, 7) is 0. The van der Waals surface area contributed by atoms with Crippen LogP contribution in [-0.2, 0) is 0 Å². The van der Waals surface area contributed by atoms with Crippen molar-refractivity contribution in [3.63, 3.8) is 0 Å². The molecule has 0 saturated heterocycles. The van der Waals surface area contributed by atoms with Gasteiger partial charge in [0.1, 0.15) is 33.5 Å². The Morgan fingerprint density at radius 2 is 0.535 bits per heavy atom. The first-order valence-electron chi connectivity index (χ1n) is 14.6. The fraction of sp³-hybridized carbons (Fsp3) is 0. The van der Waals surface area contributed by atoms with Gasteiger partial charge in [-0.3, -0.25) is 0 Å². The molecule has 0 spiro atoms. The van der Waals surface area contributed by atoms with Crippen LogP contribution in [0, 0.1) is 0 Å². The number of rotatable bonds is 0. The molecular weight excluding hydrogens is 528 g/mol. The summed E-state index contributed by atoms with van der Waals surface area (Å²) in [6, 6.07) is 42.7. The van der Waals surface area contributed by atoms with Gasteiger partial charge in [0, 0.05) is 43.1 Å². The van der Waals surface area contributed by atoms with E-state index in [2.05, 4.69) is 121 Å². The molecule has 0 unspecified atom stereocenters. The number of furan rings is 3. The number of benzene rings is 8. The van der Waals surface area contributed by atoms with E-state index in [4.69, 9.17) is 13.3 Å². The van der Waals surface area contributed by atoms with E-state index in [9.17, 15) is 0 Å². The monoisotopic (exact) mass is 548 g/mol. The van der Waals surface area contributed by atoms with Crippen molar-refractivity contribution in [2.75, 3.05) is 0 Å². The molecule has 0 bridgehead atoms. The van der Waals surface area contributed by atoms with Crippen molar-refractivity contribution < 1.29 is 13.3 Å². The normalized spacial score (nSPS) is 12.7. The van der Waals surface area contributed by atoms with Gasteiger partial charge in [-0.05, 0) is 68.7 Å². The molecule has 0 amide bonds. The lowest BCUT2D eigenvalue weighted by molar-refractivity contribution is 0.669. The fourth-order valence-corrected chi connectivity index (χ4v) is 7.64. The van der Waals surface area contributed by atoms with Gasteiger partial charge in [0.2, 0.25) is 0 Å².